The van der Waals surface area contributed by atoms with Gasteiger partial charge in [0, 0.05) is 22.9 Å². The van der Waals surface area contributed by atoms with E-state index in [2.05, 4.69) is 20.3 Å². The monoisotopic (exact) mass is 336 g/mol. The molecular weight excluding hydrogens is 323 g/mol. The number of hydrogen-bond acceptors (Lipinski definition) is 5. The van der Waals surface area contributed by atoms with E-state index in [1.807, 2.05) is 30.3 Å². The Morgan fingerprint density at radius 2 is 1.92 bits per heavy atom. The molecule has 0 aliphatic rings. The van der Waals surface area contributed by atoms with Crippen molar-refractivity contribution in [2.45, 2.75) is 0 Å². The molecule has 2 aromatic carbocycles. The fraction of sp³-hybridized carbons (Fsp3) is 0.0556. The van der Waals surface area contributed by atoms with Crippen molar-refractivity contribution >= 4 is 0 Å². The van der Waals surface area contributed by atoms with Gasteiger partial charge in [-0.15, -0.1) is 0 Å². The Hall–Kier alpha value is -3.48. The van der Waals surface area contributed by atoms with Gasteiger partial charge in [0.1, 0.15) is 0 Å². The lowest BCUT2D eigenvalue weighted by molar-refractivity contribution is 0.386. The topological polar surface area (TPSA) is 76.8 Å². The summed E-state index contributed by atoms with van der Waals surface area (Å²) in [7, 11) is 1.41. The van der Waals surface area contributed by atoms with E-state index >= 15 is 0 Å². The predicted molar refractivity (Wildman–Crippen MR) is 89.3 cm³/mol. The average Bonchev–Trinajstić information content (AvgIpc) is 3.34. The van der Waals surface area contributed by atoms with Crippen LogP contribution in [0.4, 0.5) is 4.39 Å². The van der Waals surface area contributed by atoms with Gasteiger partial charge in [-0.1, -0.05) is 23.4 Å². The summed E-state index contributed by atoms with van der Waals surface area (Å²) in [6.07, 6.45) is 1.69. The largest absolute Gasteiger partial charge is 0.494 e. The van der Waals surface area contributed by atoms with Gasteiger partial charge in [0.25, 0.3) is 5.89 Å². The van der Waals surface area contributed by atoms with Crippen molar-refractivity contribution in [3.8, 4) is 39.8 Å². The summed E-state index contributed by atoms with van der Waals surface area (Å²) in [6.45, 7) is 0. The molecule has 0 atom stereocenters. The molecule has 124 valence electrons. The van der Waals surface area contributed by atoms with Crippen molar-refractivity contribution in [2.24, 2.45) is 0 Å². The van der Waals surface area contributed by atoms with Crippen LogP contribution in [0, 0.1) is 5.82 Å². The van der Waals surface area contributed by atoms with Crippen molar-refractivity contribution < 1.29 is 13.7 Å². The highest BCUT2D eigenvalue weighted by Gasteiger charge is 2.13. The van der Waals surface area contributed by atoms with Gasteiger partial charge in [-0.05, 0) is 30.3 Å². The average molecular weight is 336 g/mol. The second-order valence-corrected chi connectivity index (χ2v) is 5.32. The fourth-order valence-electron chi connectivity index (χ4n) is 2.50. The molecule has 0 aliphatic heterocycles. The molecule has 2 aromatic heterocycles. The van der Waals surface area contributed by atoms with Gasteiger partial charge in [0.15, 0.2) is 11.6 Å². The second-order valence-electron chi connectivity index (χ2n) is 5.32. The SMILES string of the molecule is COc1ccc(-c2nc(-c3cccc(-c4ccn[nH]4)c3)no2)cc1F. The third kappa shape index (κ3) is 2.87. The summed E-state index contributed by atoms with van der Waals surface area (Å²) < 4.78 is 24.0. The Morgan fingerprint density at radius 3 is 2.68 bits per heavy atom. The lowest BCUT2D eigenvalue weighted by Gasteiger charge is -2.01. The number of H-pyrrole nitrogens is 1. The number of rotatable bonds is 4. The molecule has 25 heavy (non-hydrogen) atoms. The van der Waals surface area contributed by atoms with Gasteiger partial charge in [-0.2, -0.15) is 10.1 Å². The van der Waals surface area contributed by atoms with Crippen LogP contribution >= 0.6 is 0 Å². The van der Waals surface area contributed by atoms with Gasteiger partial charge >= 0.3 is 0 Å². The van der Waals surface area contributed by atoms with Crippen molar-refractivity contribution in [2.75, 3.05) is 7.11 Å². The van der Waals surface area contributed by atoms with Crippen LogP contribution in [0.1, 0.15) is 0 Å². The first-order valence-corrected chi connectivity index (χ1v) is 7.52. The molecular formula is C18H13FN4O2. The minimum atomic E-state index is -0.485. The van der Waals surface area contributed by atoms with E-state index in [4.69, 9.17) is 9.26 Å². The van der Waals surface area contributed by atoms with Gasteiger partial charge in [0.2, 0.25) is 5.82 Å². The second kappa shape index (κ2) is 6.20. The van der Waals surface area contributed by atoms with Crippen LogP contribution in [-0.4, -0.2) is 27.4 Å². The van der Waals surface area contributed by atoms with E-state index in [-0.39, 0.29) is 11.6 Å². The molecule has 4 rings (SSSR count). The van der Waals surface area contributed by atoms with Crippen LogP contribution in [0.15, 0.2) is 59.3 Å². The number of benzene rings is 2. The van der Waals surface area contributed by atoms with Crippen LogP contribution < -0.4 is 4.74 Å². The number of ether oxygens (including phenoxy) is 1. The Balaban J connectivity index is 1.68. The van der Waals surface area contributed by atoms with E-state index < -0.39 is 5.82 Å². The Kier molecular flexibility index (Phi) is 3.74. The van der Waals surface area contributed by atoms with Gasteiger partial charge in [-0.25, -0.2) is 4.39 Å². The molecule has 0 bridgehead atoms. The molecule has 0 spiro atoms. The molecule has 0 fully saturated rings. The van der Waals surface area contributed by atoms with Crippen LogP contribution in [0.3, 0.4) is 0 Å². The number of halogens is 1. The maximum absolute atomic E-state index is 13.9. The van der Waals surface area contributed by atoms with E-state index in [0.717, 1.165) is 16.8 Å². The van der Waals surface area contributed by atoms with Crippen LogP contribution in [-0.2, 0) is 0 Å². The summed E-state index contributed by atoms with van der Waals surface area (Å²) in [6, 6.07) is 14.0. The minimum Gasteiger partial charge on any atom is -0.494 e. The van der Waals surface area contributed by atoms with E-state index in [1.54, 1.807) is 12.3 Å². The first-order valence-electron chi connectivity index (χ1n) is 7.52. The first-order chi connectivity index (χ1) is 12.2. The van der Waals surface area contributed by atoms with Crippen LogP contribution in [0.25, 0.3) is 34.1 Å². The highest BCUT2D eigenvalue weighted by atomic mass is 19.1. The molecule has 0 amide bonds. The molecule has 0 unspecified atom stereocenters. The number of hydrogen-bond donors (Lipinski definition) is 1. The highest BCUT2D eigenvalue weighted by Crippen LogP contribution is 2.28. The van der Waals surface area contributed by atoms with Gasteiger partial charge < -0.3 is 9.26 Å². The smallest absolute Gasteiger partial charge is 0.258 e. The lowest BCUT2D eigenvalue weighted by atomic mass is 10.1. The summed E-state index contributed by atoms with van der Waals surface area (Å²) in [5.74, 6) is 0.341. The number of methoxy groups -OCH3 is 1. The summed E-state index contributed by atoms with van der Waals surface area (Å²) in [5, 5.41) is 10.9. The van der Waals surface area contributed by atoms with E-state index in [9.17, 15) is 4.39 Å². The number of aromatic nitrogens is 4. The zero-order valence-electron chi connectivity index (χ0n) is 13.2. The molecule has 4 aromatic rings. The van der Waals surface area contributed by atoms with Crippen LogP contribution in [0.5, 0.6) is 5.75 Å². The molecule has 7 heteroatoms. The normalized spacial score (nSPS) is 10.8. The van der Waals surface area contributed by atoms with Gasteiger partial charge in [0.05, 0.1) is 12.8 Å². The maximum Gasteiger partial charge on any atom is 0.258 e. The van der Waals surface area contributed by atoms with E-state index in [0.29, 0.717) is 11.4 Å². The highest BCUT2D eigenvalue weighted by molar-refractivity contribution is 5.68. The van der Waals surface area contributed by atoms with Crippen molar-refractivity contribution in [3.63, 3.8) is 0 Å². The van der Waals surface area contributed by atoms with Crippen molar-refractivity contribution in [1.29, 1.82) is 0 Å². The molecule has 0 saturated heterocycles. The quantitative estimate of drug-likeness (QED) is 0.611. The molecule has 1 N–H and O–H groups in total. The van der Waals surface area contributed by atoms with Crippen LogP contribution in [0.2, 0.25) is 0 Å². The summed E-state index contributed by atoms with van der Waals surface area (Å²) in [4.78, 5) is 4.36. The Bertz CT molecular complexity index is 1010. The third-order valence-corrected chi connectivity index (χ3v) is 3.76. The van der Waals surface area contributed by atoms with E-state index in [1.165, 1.54) is 19.2 Å². The maximum atomic E-state index is 13.9. The van der Waals surface area contributed by atoms with Gasteiger partial charge in [-0.3, -0.25) is 5.10 Å². The molecule has 6 nitrogen and oxygen atoms in total. The minimum absolute atomic E-state index is 0.163. The fourth-order valence-corrected chi connectivity index (χ4v) is 2.50. The summed E-state index contributed by atoms with van der Waals surface area (Å²) >= 11 is 0. The third-order valence-electron chi connectivity index (χ3n) is 3.76. The van der Waals surface area contributed by atoms with Crippen molar-refractivity contribution in [3.05, 3.63) is 60.5 Å². The number of nitrogens with one attached hydrogen (secondary N) is 1. The lowest BCUT2D eigenvalue weighted by Crippen LogP contribution is -1.88. The zero-order chi connectivity index (χ0) is 17.2. The molecule has 0 saturated carbocycles. The molecule has 0 aliphatic carbocycles. The molecule has 2 heterocycles. The standard InChI is InChI=1S/C18H13FN4O2/c1-24-16-6-5-13(10-14(16)19)18-21-17(23-25-18)12-4-2-3-11(9-12)15-7-8-20-22-15/h2-10H,1H3,(H,20,22). The summed E-state index contributed by atoms with van der Waals surface area (Å²) in [5.41, 5.74) is 3.12. The number of aromatic amines is 1. The Labute approximate surface area is 142 Å². The molecule has 0 radical (unpaired) electrons. The zero-order valence-corrected chi connectivity index (χ0v) is 13.2. The van der Waals surface area contributed by atoms with Crippen molar-refractivity contribution in [1.82, 2.24) is 20.3 Å². The Morgan fingerprint density at radius 1 is 1.04 bits per heavy atom. The number of nitrogens with zero attached hydrogens (tertiary/aromatic N) is 3. The first kappa shape index (κ1) is 15.1. The predicted octanol–water partition coefficient (Wildman–Crippen LogP) is 3.94.